The second-order valence-corrected chi connectivity index (χ2v) is 5.60. The second kappa shape index (κ2) is 4.61. The van der Waals surface area contributed by atoms with Gasteiger partial charge >= 0.3 is 0 Å². The van der Waals surface area contributed by atoms with Crippen molar-refractivity contribution < 1.29 is 8.78 Å². The van der Waals surface area contributed by atoms with E-state index in [0.29, 0.717) is 19.4 Å². The maximum atomic E-state index is 13.3. The lowest BCUT2D eigenvalue weighted by Gasteiger charge is -2.40. The predicted molar refractivity (Wildman–Crippen MR) is 66.8 cm³/mol. The molecule has 5 heteroatoms. The van der Waals surface area contributed by atoms with Crippen LogP contribution in [0.1, 0.15) is 51.3 Å². The molecule has 0 saturated heterocycles. The quantitative estimate of drug-likeness (QED) is 0.904. The van der Waals surface area contributed by atoms with E-state index < -0.39 is 5.92 Å². The summed E-state index contributed by atoms with van der Waals surface area (Å²) in [6, 6.07) is 2.15. The number of alkyl halides is 2. The van der Waals surface area contributed by atoms with Gasteiger partial charge in [-0.05, 0) is 32.8 Å². The smallest absolute Gasteiger partial charge is 0.248 e. The molecule has 1 fully saturated rings. The Hall–Kier alpha value is -0.970. The van der Waals surface area contributed by atoms with Gasteiger partial charge in [0.25, 0.3) is 0 Å². The lowest BCUT2D eigenvalue weighted by Crippen LogP contribution is -2.43. The van der Waals surface area contributed by atoms with E-state index in [1.807, 2.05) is 24.6 Å². The molecule has 0 spiro atoms. The van der Waals surface area contributed by atoms with Crippen LogP contribution in [-0.2, 0) is 5.41 Å². The molecule has 1 aliphatic rings. The van der Waals surface area contributed by atoms with Crippen molar-refractivity contribution in [1.82, 2.24) is 9.78 Å². The van der Waals surface area contributed by atoms with Crippen LogP contribution in [0.25, 0.3) is 0 Å². The first-order valence-corrected chi connectivity index (χ1v) is 6.52. The zero-order chi connectivity index (χ0) is 13.4. The maximum Gasteiger partial charge on any atom is 0.248 e. The summed E-state index contributed by atoms with van der Waals surface area (Å²) in [5, 5.41) is 4.29. The Morgan fingerprint density at radius 3 is 2.44 bits per heavy atom. The van der Waals surface area contributed by atoms with Crippen LogP contribution in [0.5, 0.6) is 0 Å². The summed E-state index contributed by atoms with van der Waals surface area (Å²) in [7, 11) is 0. The molecule has 0 aliphatic heterocycles. The third kappa shape index (κ3) is 2.28. The number of nitrogens with zero attached hydrogens (tertiary/aromatic N) is 2. The lowest BCUT2D eigenvalue weighted by molar-refractivity contribution is -0.0520. The number of rotatable bonds is 3. The zero-order valence-corrected chi connectivity index (χ0v) is 11.0. The standard InChI is InChI=1S/C13H21F2N3/c1-10(2)18-11(3-8-17-18)12(9-16)4-6-13(14,15)7-5-12/h3,8,10H,4-7,9,16H2,1-2H3. The van der Waals surface area contributed by atoms with Gasteiger partial charge in [-0.1, -0.05) is 0 Å². The fraction of sp³-hybridized carbons (Fsp3) is 0.769. The summed E-state index contributed by atoms with van der Waals surface area (Å²) in [6.45, 7) is 4.48. The predicted octanol–water partition coefficient (Wildman–Crippen LogP) is 2.87. The number of halogens is 2. The molecule has 1 heterocycles. The fourth-order valence-electron chi connectivity index (χ4n) is 2.80. The van der Waals surface area contributed by atoms with E-state index in [1.165, 1.54) is 0 Å². The van der Waals surface area contributed by atoms with Crippen LogP contribution in [-0.4, -0.2) is 22.2 Å². The van der Waals surface area contributed by atoms with Gasteiger partial charge in [0.05, 0.1) is 0 Å². The number of hydrogen-bond acceptors (Lipinski definition) is 2. The molecule has 2 N–H and O–H groups in total. The molecule has 18 heavy (non-hydrogen) atoms. The molecule has 0 atom stereocenters. The van der Waals surface area contributed by atoms with Gasteiger partial charge < -0.3 is 5.73 Å². The van der Waals surface area contributed by atoms with Crippen molar-refractivity contribution >= 4 is 0 Å². The molecular weight excluding hydrogens is 236 g/mol. The molecule has 0 radical (unpaired) electrons. The van der Waals surface area contributed by atoms with Crippen LogP contribution < -0.4 is 5.73 Å². The molecule has 0 amide bonds. The van der Waals surface area contributed by atoms with E-state index in [2.05, 4.69) is 5.10 Å². The molecule has 102 valence electrons. The third-order valence-electron chi connectivity index (χ3n) is 4.03. The SMILES string of the molecule is CC(C)n1nccc1C1(CN)CCC(F)(F)CC1. The maximum absolute atomic E-state index is 13.3. The highest BCUT2D eigenvalue weighted by molar-refractivity contribution is 5.19. The van der Waals surface area contributed by atoms with Gasteiger partial charge in [0.2, 0.25) is 5.92 Å². The van der Waals surface area contributed by atoms with Crippen LogP contribution in [0, 0.1) is 0 Å². The Kier molecular flexibility index (Phi) is 3.45. The summed E-state index contributed by atoms with van der Waals surface area (Å²) < 4.78 is 28.6. The van der Waals surface area contributed by atoms with Gasteiger partial charge in [0.15, 0.2) is 0 Å². The minimum Gasteiger partial charge on any atom is -0.330 e. The molecule has 1 aliphatic carbocycles. The van der Waals surface area contributed by atoms with Crippen molar-refractivity contribution in [2.24, 2.45) is 5.73 Å². The van der Waals surface area contributed by atoms with E-state index in [9.17, 15) is 8.78 Å². The van der Waals surface area contributed by atoms with Gasteiger partial charge in [-0.25, -0.2) is 8.78 Å². The summed E-state index contributed by atoms with van der Waals surface area (Å²) in [4.78, 5) is 0. The largest absolute Gasteiger partial charge is 0.330 e. The molecule has 2 rings (SSSR count). The van der Waals surface area contributed by atoms with E-state index in [0.717, 1.165) is 5.69 Å². The molecular formula is C13H21F2N3. The molecule has 1 aromatic heterocycles. The molecule has 0 bridgehead atoms. The summed E-state index contributed by atoms with van der Waals surface area (Å²) in [6.07, 6.45) is 2.46. The normalized spacial score (nSPS) is 22.3. The molecule has 0 aromatic carbocycles. The average Bonchev–Trinajstić information content (AvgIpc) is 2.79. The van der Waals surface area contributed by atoms with Gasteiger partial charge in [0.1, 0.15) is 0 Å². The Labute approximate surface area is 106 Å². The van der Waals surface area contributed by atoms with E-state index in [4.69, 9.17) is 5.73 Å². The van der Waals surface area contributed by atoms with Gasteiger partial charge in [0, 0.05) is 42.7 Å². The Bertz CT molecular complexity index is 402. The van der Waals surface area contributed by atoms with Crippen molar-refractivity contribution in [2.75, 3.05) is 6.54 Å². The van der Waals surface area contributed by atoms with Crippen LogP contribution in [0.3, 0.4) is 0 Å². The Morgan fingerprint density at radius 1 is 1.33 bits per heavy atom. The first kappa shape index (κ1) is 13.5. The van der Waals surface area contributed by atoms with Crippen molar-refractivity contribution in [1.29, 1.82) is 0 Å². The Balaban J connectivity index is 2.31. The minimum absolute atomic E-state index is 0.0759. The summed E-state index contributed by atoms with van der Waals surface area (Å²) in [5.41, 5.74) is 6.58. The van der Waals surface area contributed by atoms with Crippen LogP contribution in [0.15, 0.2) is 12.3 Å². The summed E-state index contributed by atoms with van der Waals surface area (Å²) >= 11 is 0. The highest BCUT2D eigenvalue weighted by Crippen LogP contribution is 2.45. The zero-order valence-electron chi connectivity index (χ0n) is 11.0. The van der Waals surface area contributed by atoms with Crippen LogP contribution in [0.4, 0.5) is 8.78 Å². The number of nitrogens with two attached hydrogens (primary N) is 1. The van der Waals surface area contributed by atoms with Gasteiger partial charge in [-0.3, -0.25) is 4.68 Å². The first-order valence-electron chi connectivity index (χ1n) is 6.52. The molecule has 3 nitrogen and oxygen atoms in total. The van der Waals surface area contributed by atoms with Crippen LogP contribution >= 0.6 is 0 Å². The van der Waals surface area contributed by atoms with E-state index >= 15 is 0 Å². The van der Waals surface area contributed by atoms with E-state index in [-0.39, 0.29) is 24.3 Å². The average molecular weight is 257 g/mol. The van der Waals surface area contributed by atoms with Gasteiger partial charge in [-0.15, -0.1) is 0 Å². The lowest BCUT2D eigenvalue weighted by atomic mass is 9.70. The topological polar surface area (TPSA) is 43.8 Å². The molecule has 1 saturated carbocycles. The van der Waals surface area contributed by atoms with Crippen molar-refractivity contribution in [3.05, 3.63) is 18.0 Å². The summed E-state index contributed by atoms with van der Waals surface area (Å²) in [5.74, 6) is -2.53. The Morgan fingerprint density at radius 2 is 1.94 bits per heavy atom. The van der Waals surface area contributed by atoms with Crippen molar-refractivity contribution in [3.8, 4) is 0 Å². The first-order chi connectivity index (χ1) is 8.40. The van der Waals surface area contributed by atoms with Gasteiger partial charge in [-0.2, -0.15) is 5.10 Å². The van der Waals surface area contributed by atoms with Crippen molar-refractivity contribution in [3.63, 3.8) is 0 Å². The fourth-order valence-corrected chi connectivity index (χ4v) is 2.80. The number of aromatic nitrogens is 2. The highest BCUT2D eigenvalue weighted by Gasteiger charge is 2.45. The molecule has 0 unspecified atom stereocenters. The second-order valence-electron chi connectivity index (χ2n) is 5.60. The minimum atomic E-state index is -2.53. The highest BCUT2D eigenvalue weighted by atomic mass is 19.3. The van der Waals surface area contributed by atoms with E-state index in [1.54, 1.807) is 6.20 Å². The monoisotopic (exact) mass is 257 g/mol. The van der Waals surface area contributed by atoms with Crippen molar-refractivity contribution in [2.45, 2.75) is 56.9 Å². The third-order valence-corrected chi connectivity index (χ3v) is 4.03. The number of hydrogen-bond donors (Lipinski definition) is 1. The molecule has 1 aromatic rings. The van der Waals surface area contributed by atoms with Crippen LogP contribution in [0.2, 0.25) is 0 Å².